The molecule has 98 valence electrons. The topological polar surface area (TPSA) is 43.3 Å². The lowest BCUT2D eigenvalue weighted by Crippen LogP contribution is -2.00. The van der Waals surface area contributed by atoms with Gasteiger partial charge in [0.1, 0.15) is 5.82 Å². The highest BCUT2D eigenvalue weighted by molar-refractivity contribution is 9.11. The molecule has 0 fully saturated rings. The summed E-state index contributed by atoms with van der Waals surface area (Å²) in [7, 11) is 0. The monoisotopic (exact) mass is 373 g/mol. The van der Waals surface area contributed by atoms with Crippen LogP contribution in [0.3, 0.4) is 0 Å². The van der Waals surface area contributed by atoms with E-state index in [-0.39, 0.29) is 0 Å². The van der Waals surface area contributed by atoms with Crippen molar-refractivity contribution in [2.24, 2.45) is 0 Å². The molecule has 0 amide bonds. The number of nitrogens with two attached hydrogens (primary N) is 1. The molecular formula is C13H17Br2N3. The molecule has 3 nitrogen and oxygen atoms in total. The van der Waals surface area contributed by atoms with Gasteiger partial charge < -0.3 is 5.73 Å². The fourth-order valence-electron chi connectivity index (χ4n) is 2.09. The highest BCUT2D eigenvalue weighted by Gasteiger charge is 2.14. The van der Waals surface area contributed by atoms with E-state index in [0.717, 1.165) is 44.6 Å². The molecule has 5 heteroatoms. The minimum absolute atomic E-state index is 0.764. The van der Waals surface area contributed by atoms with Crippen molar-refractivity contribution in [2.45, 2.75) is 39.5 Å². The number of nitrogen functional groups attached to an aromatic ring is 1. The van der Waals surface area contributed by atoms with Crippen LogP contribution in [0.25, 0.3) is 5.65 Å². The van der Waals surface area contributed by atoms with E-state index in [1.54, 1.807) is 0 Å². The van der Waals surface area contributed by atoms with Gasteiger partial charge in [-0.15, -0.1) is 0 Å². The van der Waals surface area contributed by atoms with Crippen molar-refractivity contribution in [3.05, 3.63) is 26.4 Å². The highest BCUT2D eigenvalue weighted by atomic mass is 79.9. The highest BCUT2D eigenvalue weighted by Crippen LogP contribution is 2.30. The summed E-state index contributed by atoms with van der Waals surface area (Å²) >= 11 is 7.08. The first kappa shape index (κ1) is 13.9. The molecule has 0 saturated carbocycles. The van der Waals surface area contributed by atoms with Gasteiger partial charge in [0.05, 0.1) is 10.2 Å². The zero-order valence-electron chi connectivity index (χ0n) is 10.6. The predicted molar refractivity (Wildman–Crippen MR) is 83.0 cm³/mol. The number of anilines is 1. The SMILES string of the molecule is CCCCCc1nc2c(Br)cc(Br)c(C)n2c1N. The lowest BCUT2D eigenvalue weighted by atomic mass is 10.1. The number of aromatic nitrogens is 2. The van der Waals surface area contributed by atoms with Crippen LogP contribution in [0.1, 0.15) is 37.6 Å². The molecule has 0 bridgehead atoms. The van der Waals surface area contributed by atoms with Gasteiger partial charge in [-0.2, -0.15) is 0 Å². The smallest absolute Gasteiger partial charge is 0.153 e. The first-order chi connectivity index (χ1) is 8.56. The number of imidazole rings is 1. The van der Waals surface area contributed by atoms with Gasteiger partial charge in [0.2, 0.25) is 0 Å². The Hall–Kier alpha value is -0.550. The average Bonchev–Trinajstić information content (AvgIpc) is 2.65. The molecule has 0 aromatic carbocycles. The summed E-state index contributed by atoms with van der Waals surface area (Å²) in [4.78, 5) is 4.66. The third kappa shape index (κ3) is 2.43. The van der Waals surface area contributed by atoms with Crippen molar-refractivity contribution < 1.29 is 0 Å². The number of rotatable bonds is 4. The Labute approximate surface area is 124 Å². The van der Waals surface area contributed by atoms with Crippen LogP contribution in [0, 0.1) is 6.92 Å². The summed E-state index contributed by atoms with van der Waals surface area (Å²) < 4.78 is 4.01. The Morgan fingerprint density at radius 3 is 2.67 bits per heavy atom. The summed E-state index contributed by atoms with van der Waals surface area (Å²) in [6.45, 7) is 4.24. The number of halogens is 2. The first-order valence-electron chi connectivity index (χ1n) is 6.17. The molecule has 0 atom stereocenters. The number of unbranched alkanes of at least 4 members (excludes halogenated alkanes) is 2. The maximum atomic E-state index is 6.22. The molecule has 2 N–H and O–H groups in total. The van der Waals surface area contributed by atoms with E-state index in [2.05, 4.69) is 43.8 Å². The van der Waals surface area contributed by atoms with Crippen molar-refractivity contribution in [3.8, 4) is 0 Å². The maximum absolute atomic E-state index is 6.22. The van der Waals surface area contributed by atoms with Gasteiger partial charge in [-0.3, -0.25) is 4.40 Å². The van der Waals surface area contributed by atoms with Crippen molar-refractivity contribution in [1.82, 2.24) is 9.38 Å². The second kappa shape index (κ2) is 5.61. The lowest BCUT2D eigenvalue weighted by molar-refractivity contribution is 0.711. The van der Waals surface area contributed by atoms with E-state index in [1.165, 1.54) is 12.8 Å². The van der Waals surface area contributed by atoms with Gasteiger partial charge in [0.25, 0.3) is 0 Å². The molecule has 2 heterocycles. The largest absolute Gasteiger partial charge is 0.383 e. The van der Waals surface area contributed by atoms with Crippen LogP contribution >= 0.6 is 31.9 Å². The standard InChI is InChI=1S/C13H17Br2N3/c1-3-4-5-6-11-12(16)18-8(2)9(14)7-10(15)13(18)17-11/h7H,3-6,16H2,1-2H3. The number of pyridine rings is 1. The Kier molecular flexibility index (Phi) is 4.33. The van der Waals surface area contributed by atoms with Crippen LogP contribution in [0.2, 0.25) is 0 Å². The Morgan fingerprint density at radius 1 is 1.28 bits per heavy atom. The van der Waals surface area contributed by atoms with Gasteiger partial charge in [0.15, 0.2) is 5.65 Å². The summed E-state index contributed by atoms with van der Waals surface area (Å²) in [5.41, 5.74) is 9.21. The van der Waals surface area contributed by atoms with Crippen molar-refractivity contribution >= 4 is 43.3 Å². The molecule has 2 rings (SSSR count). The van der Waals surface area contributed by atoms with Crippen LogP contribution in [0.15, 0.2) is 15.0 Å². The molecule has 0 radical (unpaired) electrons. The molecule has 18 heavy (non-hydrogen) atoms. The molecule has 0 unspecified atom stereocenters. The number of hydrogen-bond donors (Lipinski definition) is 1. The molecule has 0 aliphatic rings. The fraction of sp³-hybridized carbons (Fsp3) is 0.462. The lowest BCUT2D eigenvalue weighted by Gasteiger charge is -2.06. The number of fused-ring (bicyclic) bond motifs is 1. The van der Waals surface area contributed by atoms with E-state index in [1.807, 2.05) is 17.4 Å². The quantitative estimate of drug-likeness (QED) is 0.801. The number of aryl methyl sites for hydroxylation is 2. The van der Waals surface area contributed by atoms with Crippen molar-refractivity contribution in [2.75, 3.05) is 5.73 Å². The van der Waals surface area contributed by atoms with Gasteiger partial charge >= 0.3 is 0 Å². The molecular weight excluding hydrogens is 358 g/mol. The molecule has 0 aliphatic heterocycles. The van der Waals surface area contributed by atoms with Crippen molar-refractivity contribution in [1.29, 1.82) is 0 Å². The second-order valence-corrected chi connectivity index (χ2v) is 6.19. The van der Waals surface area contributed by atoms with Crippen LogP contribution < -0.4 is 5.73 Å². The zero-order valence-corrected chi connectivity index (χ0v) is 13.8. The number of hydrogen-bond acceptors (Lipinski definition) is 2. The normalized spacial score (nSPS) is 11.3. The minimum atomic E-state index is 0.764. The summed E-state index contributed by atoms with van der Waals surface area (Å²) in [6, 6.07) is 2.02. The van der Waals surface area contributed by atoms with E-state index >= 15 is 0 Å². The van der Waals surface area contributed by atoms with Crippen LogP contribution in [0.4, 0.5) is 5.82 Å². The van der Waals surface area contributed by atoms with Crippen LogP contribution in [0.5, 0.6) is 0 Å². The molecule has 2 aromatic heterocycles. The molecule has 0 spiro atoms. The van der Waals surface area contributed by atoms with Crippen molar-refractivity contribution in [3.63, 3.8) is 0 Å². The Bertz CT molecular complexity index is 575. The van der Waals surface area contributed by atoms with Crippen LogP contribution in [-0.4, -0.2) is 9.38 Å². The predicted octanol–water partition coefficient (Wildman–Crippen LogP) is 4.48. The van der Waals surface area contributed by atoms with Gasteiger partial charge in [-0.1, -0.05) is 19.8 Å². The third-order valence-corrected chi connectivity index (χ3v) is 4.54. The average molecular weight is 375 g/mol. The third-order valence-electron chi connectivity index (χ3n) is 3.15. The molecule has 0 aliphatic carbocycles. The van der Waals surface area contributed by atoms with Gasteiger partial charge in [-0.25, -0.2) is 4.98 Å². The summed E-state index contributed by atoms with van der Waals surface area (Å²) in [5.74, 6) is 0.764. The molecule has 0 saturated heterocycles. The van der Waals surface area contributed by atoms with E-state index < -0.39 is 0 Å². The summed E-state index contributed by atoms with van der Waals surface area (Å²) in [5, 5.41) is 0. The van der Waals surface area contributed by atoms with Gasteiger partial charge in [-0.05, 0) is 57.7 Å². The van der Waals surface area contributed by atoms with Gasteiger partial charge in [0, 0.05) is 10.2 Å². The van der Waals surface area contributed by atoms with E-state index in [0.29, 0.717) is 0 Å². The second-order valence-electron chi connectivity index (χ2n) is 4.49. The molecule has 2 aromatic rings. The minimum Gasteiger partial charge on any atom is -0.383 e. The summed E-state index contributed by atoms with van der Waals surface area (Å²) in [6.07, 6.45) is 4.52. The number of nitrogens with zero attached hydrogens (tertiary/aromatic N) is 2. The van der Waals surface area contributed by atoms with Crippen LogP contribution in [-0.2, 0) is 6.42 Å². The van der Waals surface area contributed by atoms with E-state index in [4.69, 9.17) is 5.73 Å². The first-order valence-corrected chi connectivity index (χ1v) is 7.76. The van der Waals surface area contributed by atoms with E-state index in [9.17, 15) is 0 Å². The Morgan fingerprint density at radius 2 is 2.00 bits per heavy atom. The fourth-order valence-corrected chi connectivity index (χ4v) is 3.30. The maximum Gasteiger partial charge on any atom is 0.153 e. The zero-order chi connectivity index (χ0) is 13.3. The Balaban J connectivity index is 2.49.